The summed E-state index contributed by atoms with van der Waals surface area (Å²) in [5.41, 5.74) is 0.949. The van der Waals surface area contributed by atoms with Crippen molar-refractivity contribution in [2.24, 2.45) is 4.99 Å². The van der Waals surface area contributed by atoms with Gasteiger partial charge in [-0.25, -0.2) is 12.7 Å². The minimum absolute atomic E-state index is 0.104. The number of aromatic nitrogens is 1. The zero-order valence-corrected chi connectivity index (χ0v) is 21.8. The van der Waals surface area contributed by atoms with Crippen LogP contribution in [0, 0.1) is 0 Å². The Hall–Kier alpha value is -3.02. The van der Waals surface area contributed by atoms with Gasteiger partial charge in [0.05, 0.1) is 28.8 Å². The van der Waals surface area contributed by atoms with Crippen LogP contribution in [-0.4, -0.2) is 56.5 Å². The second kappa shape index (κ2) is 11.6. The zero-order valence-electron chi connectivity index (χ0n) is 20.2. The first-order valence-corrected chi connectivity index (χ1v) is 13.4. The van der Waals surface area contributed by atoms with Crippen molar-refractivity contribution in [3.8, 4) is 5.75 Å². The summed E-state index contributed by atoms with van der Waals surface area (Å²) in [5.74, 6) is -0.358. The minimum atomic E-state index is -3.64. The molecule has 1 heterocycles. The highest BCUT2D eigenvalue weighted by atomic mass is 32.2. The fraction of sp³-hybridized carbons (Fsp3) is 0.375. The lowest BCUT2D eigenvalue weighted by molar-refractivity contribution is -0.143. The van der Waals surface area contributed by atoms with E-state index in [1.165, 1.54) is 47.0 Å². The highest BCUT2D eigenvalue weighted by Crippen LogP contribution is 2.23. The summed E-state index contributed by atoms with van der Waals surface area (Å²) in [5, 5.41) is 0. The van der Waals surface area contributed by atoms with Gasteiger partial charge in [0.2, 0.25) is 10.0 Å². The van der Waals surface area contributed by atoms with E-state index in [0.717, 1.165) is 17.5 Å². The topological polar surface area (TPSA) is 107 Å². The molecule has 188 valence electrons. The molecule has 9 nitrogen and oxygen atoms in total. The molecular formula is C24H29N3O6S2. The summed E-state index contributed by atoms with van der Waals surface area (Å²) in [4.78, 5) is 29.8. The Kier molecular flexibility index (Phi) is 8.82. The largest absolute Gasteiger partial charge is 0.497 e. The maximum atomic E-state index is 12.9. The summed E-state index contributed by atoms with van der Waals surface area (Å²) >= 11 is 1.24. The normalized spacial score (nSPS) is 12.3. The van der Waals surface area contributed by atoms with Crippen LogP contribution in [0.4, 0.5) is 0 Å². The predicted molar refractivity (Wildman–Crippen MR) is 134 cm³/mol. The van der Waals surface area contributed by atoms with E-state index in [9.17, 15) is 18.0 Å². The van der Waals surface area contributed by atoms with Gasteiger partial charge < -0.3 is 14.0 Å². The number of methoxy groups -OCH3 is 1. The number of sulfonamides is 1. The highest BCUT2D eigenvalue weighted by molar-refractivity contribution is 7.89. The molecule has 35 heavy (non-hydrogen) atoms. The Bertz CT molecular complexity index is 1370. The summed E-state index contributed by atoms with van der Waals surface area (Å²) < 4.78 is 39.5. The number of amides is 1. The molecule has 3 aromatic rings. The molecule has 11 heteroatoms. The van der Waals surface area contributed by atoms with Crippen LogP contribution in [0.5, 0.6) is 5.75 Å². The van der Waals surface area contributed by atoms with E-state index >= 15 is 0 Å². The summed E-state index contributed by atoms with van der Waals surface area (Å²) in [6, 6.07) is 11.1. The van der Waals surface area contributed by atoms with Crippen LogP contribution in [0.25, 0.3) is 10.2 Å². The first-order chi connectivity index (χ1) is 16.7. The fourth-order valence-electron chi connectivity index (χ4n) is 3.36. The first-order valence-electron chi connectivity index (χ1n) is 11.2. The van der Waals surface area contributed by atoms with Gasteiger partial charge in [0.15, 0.2) is 4.80 Å². The van der Waals surface area contributed by atoms with Crippen molar-refractivity contribution in [2.45, 2.75) is 38.1 Å². The van der Waals surface area contributed by atoms with Gasteiger partial charge in [0.1, 0.15) is 12.3 Å². The highest BCUT2D eigenvalue weighted by Gasteiger charge is 2.21. The maximum Gasteiger partial charge on any atom is 0.326 e. The van der Waals surface area contributed by atoms with Crippen LogP contribution in [0.1, 0.15) is 37.0 Å². The molecule has 0 saturated heterocycles. The van der Waals surface area contributed by atoms with Crippen LogP contribution in [0.15, 0.2) is 52.4 Å². The summed E-state index contributed by atoms with van der Waals surface area (Å²) in [6.45, 7) is 4.27. The zero-order chi connectivity index (χ0) is 25.6. The van der Waals surface area contributed by atoms with Gasteiger partial charge in [-0.05, 0) is 55.8 Å². The van der Waals surface area contributed by atoms with Crippen molar-refractivity contribution in [3.05, 3.63) is 52.8 Å². The molecule has 0 saturated carbocycles. The van der Waals surface area contributed by atoms with Gasteiger partial charge in [-0.3, -0.25) is 9.59 Å². The molecule has 1 aromatic heterocycles. The Morgan fingerprint density at radius 2 is 1.83 bits per heavy atom. The van der Waals surface area contributed by atoms with Crippen LogP contribution in [0.2, 0.25) is 0 Å². The third-order valence-corrected chi connectivity index (χ3v) is 8.23. The number of benzene rings is 2. The summed E-state index contributed by atoms with van der Waals surface area (Å²) in [7, 11) is -0.539. The average Bonchev–Trinajstić information content (AvgIpc) is 3.18. The lowest BCUT2D eigenvalue weighted by Gasteiger charge is -2.16. The lowest BCUT2D eigenvalue weighted by Crippen LogP contribution is -2.27. The number of hydrogen-bond donors (Lipinski definition) is 0. The third kappa shape index (κ3) is 6.16. The van der Waals surface area contributed by atoms with Gasteiger partial charge in [0.25, 0.3) is 5.91 Å². The van der Waals surface area contributed by atoms with Gasteiger partial charge in [-0.15, -0.1) is 0 Å². The molecule has 0 radical (unpaired) electrons. The van der Waals surface area contributed by atoms with E-state index in [1.807, 2.05) is 6.92 Å². The molecule has 0 atom stereocenters. The number of unbranched alkanes of at least 4 members (excludes halogenated alkanes) is 1. The fourth-order valence-corrected chi connectivity index (χ4v) is 5.62. The maximum absolute atomic E-state index is 12.9. The molecule has 0 aliphatic carbocycles. The van der Waals surface area contributed by atoms with Crippen LogP contribution >= 0.6 is 11.3 Å². The molecular weight excluding hydrogens is 490 g/mol. The lowest BCUT2D eigenvalue weighted by atomic mass is 10.2. The van der Waals surface area contributed by atoms with Gasteiger partial charge in [0, 0.05) is 19.2 Å². The molecule has 3 rings (SSSR count). The van der Waals surface area contributed by atoms with Crippen molar-refractivity contribution in [3.63, 3.8) is 0 Å². The monoisotopic (exact) mass is 519 g/mol. The SMILES string of the molecule is CCCCN(C)S(=O)(=O)c1ccc(C(=O)N=c2sc3cc(OC)ccc3n2CC(=O)OCC)cc1. The van der Waals surface area contributed by atoms with Crippen molar-refractivity contribution < 1.29 is 27.5 Å². The summed E-state index contributed by atoms with van der Waals surface area (Å²) in [6.07, 6.45) is 1.65. The van der Waals surface area contributed by atoms with E-state index < -0.39 is 21.9 Å². The number of nitrogens with zero attached hydrogens (tertiary/aromatic N) is 3. The number of fused-ring (bicyclic) bond motifs is 1. The average molecular weight is 520 g/mol. The standard InChI is InChI=1S/C24H29N3O6S2/c1-5-7-14-26(3)35(30,31)19-11-8-17(9-12-19)23(29)25-24-27(16-22(28)33-6-2)20-13-10-18(32-4)15-21(20)34-24/h8-13,15H,5-7,14,16H2,1-4H3. The van der Waals surface area contributed by atoms with Crippen molar-refractivity contribution in [2.75, 3.05) is 27.3 Å². The smallest absolute Gasteiger partial charge is 0.326 e. The van der Waals surface area contributed by atoms with Gasteiger partial charge >= 0.3 is 5.97 Å². The van der Waals surface area contributed by atoms with Crippen LogP contribution in [0.3, 0.4) is 0 Å². The number of esters is 1. The van der Waals surface area contributed by atoms with E-state index in [1.54, 1.807) is 36.8 Å². The molecule has 0 fully saturated rings. The van der Waals surface area contributed by atoms with Crippen molar-refractivity contribution >= 4 is 43.5 Å². The number of hydrogen-bond acceptors (Lipinski definition) is 7. The molecule has 0 aliphatic rings. The predicted octanol–water partition coefficient (Wildman–Crippen LogP) is 3.44. The number of ether oxygens (including phenoxy) is 2. The minimum Gasteiger partial charge on any atom is -0.497 e. The Morgan fingerprint density at radius 3 is 2.46 bits per heavy atom. The number of carbonyl (C=O) groups excluding carboxylic acids is 2. The van der Waals surface area contributed by atoms with E-state index in [-0.39, 0.29) is 23.6 Å². The molecule has 0 bridgehead atoms. The van der Waals surface area contributed by atoms with Crippen LogP contribution in [-0.2, 0) is 26.1 Å². The molecule has 0 spiro atoms. The second-order valence-corrected chi connectivity index (χ2v) is 10.8. The molecule has 0 aliphatic heterocycles. The van der Waals surface area contributed by atoms with E-state index in [0.29, 0.717) is 22.6 Å². The Balaban J connectivity index is 1.96. The van der Waals surface area contributed by atoms with Crippen molar-refractivity contribution in [1.29, 1.82) is 0 Å². The number of carbonyl (C=O) groups is 2. The molecule has 0 N–H and O–H groups in total. The number of thiazole rings is 1. The van der Waals surface area contributed by atoms with E-state index in [2.05, 4.69) is 4.99 Å². The van der Waals surface area contributed by atoms with E-state index in [4.69, 9.17) is 9.47 Å². The van der Waals surface area contributed by atoms with Crippen LogP contribution < -0.4 is 9.54 Å². The molecule has 1 amide bonds. The first kappa shape index (κ1) is 26.6. The van der Waals surface area contributed by atoms with Gasteiger partial charge in [-0.1, -0.05) is 24.7 Å². The quantitative estimate of drug-likeness (QED) is 0.380. The second-order valence-electron chi connectivity index (χ2n) is 7.73. The van der Waals surface area contributed by atoms with Gasteiger partial charge in [-0.2, -0.15) is 4.99 Å². The third-order valence-electron chi connectivity index (χ3n) is 5.32. The Morgan fingerprint density at radius 1 is 1.11 bits per heavy atom. The Labute approximate surface area is 208 Å². The number of rotatable bonds is 10. The molecule has 0 unspecified atom stereocenters. The van der Waals surface area contributed by atoms with Crippen molar-refractivity contribution in [1.82, 2.24) is 8.87 Å². The molecule has 2 aromatic carbocycles.